The fourth-order valence-electron chi connectivity index (χ4n) is 1.09. The molecule has 0 unspecified atom stereocenters. The number of nitrogens with one attached hydrogen (secondary N) is 1. The lowest BCUT2D eigenvalue weighted by atomic mass is 10.1. The number of rotatable bonds is 3. The molecule has 6 heteroatoms. The average Bonchev–Trinajstić information content (AvgIpc) is 2.20. The molecule has 1 aromatic carbocycles. The van der Waals surface area contributed by atoms with Crippen LogP contribution in [0.2, 0.25) is 0 Å². The van der Waals surface area contributed by atoms with Gasteiger partial charge < -0.3 is 11.1 Å². The second-order valence-electron chi connectivity index (χ2n) is 3.23. The van der Waals surface area contributed by atoms with Crippen molar-refractivity contribution < 1.29 is 13.6 Å². The second kappa shape index (κ2) is 4.98. The number of amides is 1. The van der Waals surface area contributed by atoms with Crippen LogP contribution in [0.4, 0.5) is 8.78 Å². The smallest absolute Gasteiger partial charge is 0.254 e. The zero-order chi connectivity index (χ0) is 12.3. The van der Waals surface area contributed by atoms with Crippen molar-refractivity contribution in [1.29, 1.82) is 0 Å². The van der Waals surface area contributed by atoms with Gasteiger partial charge in [-0.3, -0.25) is 4.79 Å². The lowest BCUT2D eigenvalue weighted by Crippen LogP contribution is -2.32. The number of carbonyl (C=O) groups is 1. The van der Waals surface area contributed by atoms with E-state index in [0.717, 1.165) is 6.07 Å². The maximum Gasteiger partial charge on any atom is 0.254 e. The Hall–Kier alpha value is -1.56. The molecule has 0 aliphatic rings. The van der Waals surface area contributed by atoms with Gasteiger partial charge in [-0.25, -0.2) is 8.78 Å². The van der Waals surface area contributed by atoms with Gasteiger partial charge in [0.2, 0.25) is 0 Å². The van der Waals surface area contributed by atoms with Crippen molar-refractivity contribution in [2.75, 3.05) is 6.54 Å². The summed E-state index contributed by atoms with van der Waals surface area (Å²) in [4.78, 5) is 11.5. The Balaban J connectivity index is 2.91. The van der Waals surface area contributed by atoms with E-state index in [-0.39, 0.29) is 22.7 Å². The Morgan fingerprint density at radius 2 is 2.06 bits per heavy atom. The standard InChI is InChI=1S/C10H10F2N2OS/c1-5-2-6(8(12)3-7(5)11)10(15)14-4-9(13)16/h2-3H,4H2,1H3,(H2,13,16)(H,14,15). The van der Waals surface area contributed by atoms with Crippen LogP contribution in [-0.4, -0.2) is 17.4 Å². The summed E-state index contributed by atoms with van der Waals surface area (Å²) in [6, 6.07) is 1.81. The lowest BCUT2D eigenvalue weighted by molar-refractivity contribution is 0.0955. The molecular weight excluding hydrogens is 234 g/mol. The maximum atomic E-state index is 13.2. The van der Waals surface area contributed by atoms with Gasteiger partial charge in [0.25, 0.3) is 5.91 Å². The van der Waals surface area contributed by atoms with Gasteiger partial charge in [0, 0.05) is 6.07 Å². The summed E-state index contributed by atoms with van der Waals surface area (Å²) in [5.74, 6) is -2.28. The van der Waals surface area contributed by atoms with Crippen molar-refractivity contribution in [3.63, 3.8) is 0 Å². The lowest BCUT2D eigenvalue weighted by Gasteiger charge is -2.06. The molecule has 3 N–H and O–H groups in total. The fourth-order valence-corrected chi connectivity index (χ4v) is 1.17. The molecule has 0 fully saturated rings. The van der Waals surface area contributed by atoms with Crippen molar-refractivity contribution in [3.8, 4) is 0 Å². The minimum atomic E-state index is -0.913. The topological polar surface area (TPSA) is 55.1 Å². The number of halogens is 2. The fraction of sp³-hybridized carbons (Fsp3) is 0.200. The molecule has 0 saturated heterocycles. The Labute approximate surface area is 96.6 Å². The van der Waals surface area contributed by atoms with Gasteiger partial charge in [0.1, 0.15) is 11.6 Å². The van der Waals surface area contributed by atoms with E-state index < -0.39 is 17.5 Å². The third-order valence-corrected chi connectivity index (χ3v) is 2.06. The van der Waals surface area contributed by atoms with E-state index in [1.54, 1.807) is 0 Å². The van der Waals surface area contributed by atoms with Crippen molar-refractivity contribution in [2.24, 2.45) is 5.73 Å². The number of benzene rings is 1. The summed E-state index contributed by atoms with van der Waals surface area (Å²) in [5.41, 5.74) is 5.14. The summed E-state index contributed by atoms with van der Waals surface area (Å²) < 4.78 is 26.2. The highest BCUT2D eigenvalue weighted by Gasteiger charge is 2.14. The highest BCUT2D eigenvalue weighted by molar-refractivity contribution is 7.80. The summed E-state index contributed by atoms with van der Waals surface area (Å²) in [5, 5.41) is 2.32. The minimum Gasteiger partial charge on any atom is -0.392 e. The first-order chi connectivity index (χ1) is 7.41. The predicted molar refractivity (Wildman–Crippen MR) is 60.2 cm³/mol. The maximum absolute atomic E-state index is 13.2. The molecule has 1 amide bonds. The molecule has 1 aromatic rings. The highest BCUT2D eigenvalue weighted by Crippen LogP contribution is 2.13. The zero-order valence-electron chi connectivity index (χ0n) is 8.51. The SMILES string of the molecule is Cc1cc(C(=O)NCC(N)=S)c(F)cc1F. The first-order valence-corrected chi connectivity index (χ1v) is 4.84. The van der Waals surface area contributed by atoms with Crippen LogP contribution >= 0.6 is 12.2 Å². The number of aryl methyl sites for hydroxylation is 1. The van der Waals surface area contributed by atoms with E-state index in [0.29, 0.717) is 6.07 Å². The highest BCUT2D eigenvalue weighted by atomic mass is 32.1. The Kier molecular flexibility index (Phi) is 3.89. The van der Waals surface area contributed by atoms with Crippen LogP contribution in [-0.2, 0) is 0 Å². The molecule has 0 radical (unpaired) electrons. The van der Waals surface area contributed by atoms with Crippen molar-refractivity contribution >= 4 is 23.1 Å². The van der Waals surface area contributed by atoms with Gasteiger partial charge in [-0.15, -0.1) is 0 Å². The van der Waals surface area contributed by atoms with E-state index in [4.69, 9.17) is 5.73 Å². The molecule has 3 nitrogen and oxygen atoms in total. The number of hydrogen-bond acceptors (Lipinski definition) is 2. The van der Waals surface area contributed by atoms with Crippen LogP contribution in [0.25, 0.3) is 0 Å². The van der Waals surface area contributed by atoms with Crippen LogP contribution in [0.5, 0.6) is 0 Å². The molecule has 16 heavy (non-hydrogen) atoms. The molecule has 1 rings (SSSR count). The van der Waals surface area contributed by atoms with E-state index >= 15 is 0 Å². The van der Waals surface area contributed by atoms with Crippen LogP contribution in [0.15, 0.2) is 12.1 Å². The number of carbonyl (C=O) groups excluding carboxylic acids is 1. The Morgan fingerprint density at radius 1 is 1.44 bits per heavy atom. The molecule has 0 heterocycles. The Morgan fingerprint density at radius 3 is 2.62 bits per heavy atom. The van der Waals surface area contributed by atoms with Gasteiger partial charge in [0.15, 0.2) is 0 Å². The average molecular weight is 244 g/mol. The summed E-state index contributed by atoms with van der Waals surface area (Å²) in [7, 11) is 0. The second-order valence-corrected chi connectivity index (χ2v) is 3.75. The molecule has 0 aliphatic carbocycles. The third kappa shape index (κ3) is 2.96. The van der Waals surface area contributed by atoms with Crippen molar-refractivity contribution in [2.45, 2.75) is 6.92 Å². The van der Waals surface area contributed by atoms with Gasteiger partial charge >= 0.3 is 0 Å². The van der Waals surface area contributed by atoms with Crippen LogP contribution in [0.3, 0.4) is 0 Å². The summed E-state index contributed by atoms with van der Waals surface area (Å²) in [6.45, 7) is 1.42. The van der Waals surface area contributed by atoms with Crippen molar-refractivity contribution in [3.05, 3.63) is 34.9 Å². The molecule has 0 aliphatic heterocycles. The van der Waals surface area contributed by atoms with Gasteiger partial charge in [-0.2, -0.15) is 0 Å². The van der Waals surface area contributed by atoms with E-state index in [1.165, 1.54) is 6.92 Å². The first-order valence-electron chi connectivity index (χ1n) is 4.44. The molecule has 0 spiro atoms. The Bertz CT molecular complexity index is 449. The molecular formula is C10H10F2N2OS. The van der Waals surface area contributed by atoms with Crippen LogP contribution < -0.4 is 11.1 Å². The van der Waals surface area contributed by atoms with Crippen LogP contribution in [0, 0.1) is 18.6 Å². The van der Waals surface area contributed by atoms with E-state index in [1.807, 2.05) is 0 Å². The van der Waals surface area contributed by atoms with Gasteiger partial charge in [-0.05, 0) is 18.6 Å². The molecule has 86 valence electrons. The van der Waals surface area contributed by atoms with E-state index in [9.17, 15) is 13.6 Å². The quantitative estimate of drug-likeness (QED) is 0.788. The number of thiocarbonyl (C=S) groups is 1. The number of hydrogen-bond donors (Lipinski definition) is 2. The van der Waals surface area contributed by atoms with E-state index in [2.05, 4.69) is 17.5 Å². The summed E-state index contributed by atoms with van der Waals surface area (Å²) >= 11 is 4.55. The molecule has 0 bridgehead atoms. The molecule has 0 aromatic heterocycles. The van der Waals surface area contributed by atoms with Gasteiger partial charge in [-0.1, -0.05) is 12.2 Å². The minimum absolute atomic E-state index is 0.0238. The molecule has 0 saturated carbocycles. The number of nitrogens with two attached hydrogens (primary N) is 1. The van der Waals surface area contributed by atoms with Crippen LogP contribution in [0.1, 0.15) is 15.9 Å². The summed E-state index contributed by atoms with van der Waals surface area (Å²) in [6.07, 6.45) is 0. The largest absolute Gasteiger partial charge is 0.392 e. The predicted octanol–water partition coefficient (Wildman–Crippen LogP) is 1.29. The molecule has 0 atom stereocenters. The normalized spacial score (nSPS) is 9.94. The first kappa shape index (κ1) is 12.5. The van der Waals surface area contributed by atoms with Crippen molar-refractivity contribution in [1.82, 2.24) is 5.32 Å². The zero-order valence-corrected chi connectivity index (χ0v) is 9.33. The third-order valence-electron chi connectivity index (χ3n) is 1.92. The van der Waals surface area contributed by atoms with Gasteiger partial charge in [0.05, 0.1) is 17.1 Å². The monoisotopic (exact) mass is 244 g/mol.